The minimum absolute atomic E-state index is 0.239. The number of rotatable bonds is 4. The third-order valence-corrected chi connectivity index (χ3v) is 4.91. The molecule has 0 aromatic heterocycles. The van der Waals surface area contributed by atoms with Crippen molar-refractivity contribution in [3.05, 3.63) is 0 Å². The molecule has 2 rings (SSSR count). The molecule has 2 aliphatic rings. The number of nitrogens with zero attached hydrogens (tertiary/aromatic N) is 1. The van der Waals surface area contributed by atoms with Gasteiger partial charge in [0, 0.05) is 31.2 Å². The zero-order valence-corrected chi connectivity index (χ0v) is 12.6. The zero-order valence-electron chi connectivity index (χ0n) is 12.6. The van der Waals surface area contributed by atoms with Crippen LogP contribution in [0, 0.1) is 5.41 Å². The molecule has 1 aliphatic heterocycles. The molecule has 3 heteroatoms. The number of morpholine rings is 1. The van der Waals surface area contributed by atoms with Crippen LogP contribution in [0.4, 0.5) is 0 Å². The average molecular weight is 254 g/mol. The highest BCUT2D eigenvalue weighted by Gasteiger charge is 2.36. The third kappa shape index (κ3) is 3.25. The summed E-state index contributed by atoms with van der Waals surface area (Å²) in [4.78, 5) is 2.56. The number of hydrogen-bond donors (Lipinski definition) is 1. The first-order valence-electron chi connectivity index (χ1n) is 7.48. The average Bonchev–Trinajstić information content (AvgIpc) is 2.67. The lowest BCUT2D eigenvalue weighted by molar-refractivity contribution is -0.0112. The zero-order chi connectivity index (χ0) is 13.2. The standard InChI is InChI=1S/C15H30N2O/c1-14(2)7-5-6-13(14)16-12-15(3,4)17-8-10-18-11-9-17/h13,16H,5-12H2,1-4H3. The Morgan fingerprint density at radius 3 is 2.50 bits per heavy atom. The summed E-state index contributed by atoms with van der Waals surface area (Å²) in [7, 11) is 0. The van der Waals surface area contributed by atoms with Crippen LogP contribution in [-0.4, -0.2) is 49.3 Å². The first-order chi connectivity index (χ1) is 8.42. The molecule has 0 bridgehead atoms. The molecule has 3 nitrogen and oxygen atoms in total. The summed E-state index contributed by atoms with van der Waals surface area (Å²) < 4.78 is 5.44. The maximum atomic E-state index is 5.44. The molecule has 1 N–H and O–H groups in total. The highest BCUT2D eigenvalue weighted by molar-refractivity contribution is 4.93. The SMILES string of the molecule is CC1(C)CCCC1NCC(C)(C)N1CCOCC1. The van der Waals surface area contributed by atoms with Crippen LogP contribution in [0.15, 0.2) is 0 Å². The Hall–Kier alpha value is -0.120. The van der Waals surface area contributed by atoms with Gasteiger partial charge >= 0.3 is 0 Å². The van der Waals surface area contributed by atoms with E-state index < -0.39 is 0 Å². The van der Waals surface area contributed by atoms with Crippen molar-refractivity contribution in [1.82, 2.24) is 10.2 Å². The molecule has 2 fully saturated rings. The van der Waals surface area contributed by atoms with Gasteiger partial charge in [0.1, 0.15) is 0 Å². The summed E-state index contributed by atoms with van der Waals surface area (Å²) in [5.74, 6) is 0. The van der Waals surface area contributed by atoms with Gasteiger partial charge in [0.15, 0.2) is 0 Å². The summed E-state index contributed by atoms with van der Waals surface area (Å²) in [6, 6.07) is 0.692. The molecular weight excluding hydrogens is 224 g/mol. The highest BCUT2D eigenvalue weighted by Crippen LogP contribution is 2.37. The van der Waals surface area contributed by atoms with Crippen LogP contribution in [-0.2, 0) is 4.74 Å². The Morgan fingerprint density at radius 2 is 1.94 bits per heavy atom. The summed E-state index contributed by atoms with van der Waals surface area (Å²) >= 11 is 0. The van der Waals surface area contributed by atoms with Crippen LogP contribution in [0.1, 0.15) is 47.0 Å². The third-order valence-electron chi connectivity index (χ3n) is 4.91. The van der Waals surface area contributed by atoms with Crippen LogP contribution in [0.25, 0.3) is 0 Å². The minimum atomic E-state index is 0.239. The van der Waals surface area contributed by atoms with Crippen molar-refractivity contribution in [2.24, 2.45) is 5.41 Å². The van der Waals surface area contributed by atoms with Gasteiger partial charge < -0.3 is 10.1 Å². The summed E-state index contributed by atoms with van der Waals surface area (Å²) in [6.07, 6.45) is 4.08. The molecule has 106 valence electrons. The Balaban J connectivity index is 1.84. The van der Waals surface area contributed by atoms with Crippen molar-refractivity contribution in [2.45, 2.75) is 58.5 Å². The Bertz CT molecular complexity index is 270. The van der Waals surface area contributed by atoms with Crippen LogP contribution >= 0.6 is 0 Å². The second-order valence-electron chi connectivity index (χ2n) is 7.23. The lowest BCUT2D eigenvalue weighted by Crippen LogP contribution is -2.56. The minimum Gasteiger partial charge on any atom is -0.379 e. The van der Waals surface area contributed by atoms with Gasteiger partial charge in [-0.15, -0.1) is 0 Å². The Kier molecular flexibility index (Phi) is 4.35. The van der Waals surface area contributed by atoms with Crippen LogP contribution in [0.3, 0.4) is 0 Å². The van der Waals surface area contributed by atoms with Crippen LogP contribution in [0.5, 0.6) is 0 Å². The molecule has 1 atom stereocenters. The van der Waals surface area contributed by atoms with E-state index in [-0.39, 0.29) is 5.54 Å². The summed E-state index contributed by atoms with van der Waals surface area (Å²) in [6.45, 7) is 14.5. The summed E-state index contributed by atoms with van der Waals surface area (Å²) in [5.41, 5.74) is 0.712. The number of hydrogen-bond acceptors (Lipinski definition) is 3. The van der Waals surface area contributed by atoms with E-state index >= 15 is 0 Å². The normalized spacial score (nSPS) is 29.7. The number of ether oxygens (including phenoxy) is 1. The highest BCUT2D eigenvalue weighted by atomic mass is 16.5. The summed E-state index contributed by atoms with van der Waals surface area (Å²) in [5, 5.41) is 3.83. The van der Waals surface area contributed by atoms with Crippen molar-refractivity contribution < 1.29 is 4.74 Å². The van der Waals surface area contributed by atoms with Crippen molar-refractivity contribution in [3.8, 4) is 0 Å². The number of nitrogens with one attached hydrogen (secondary N) is 1. The van der Waals surface area contributed by atoms with Gasteiger partial charge in [-0.25, -0.2) is 0 Å². The molecule has 0 aromatic rings. The van der Waals surface area contributed by atoms with E-state index in [1.807, 2.05) is 0 Å². The molecule has 0 radical (unpaired) electrons. The molecule has 1 unspecified atom stereocenters. The predicted molar refractivity (Wildman–Crippen MR) is 75.9 cm³/mol. The van der Waals surface area contributed by atoms with E-state index in [1.54, 1.807) is 0 Å². The first kappa shape index (κ1) is 14.3. The van der Waals surface area contributed by atoms with Gasteiger partial charge in [0.25, 0.3) is 0 Å². The molecule has 18 heavy (non-hydrogen) atoms. The lowest BCUT2D eigenvalue weighted by Gasteiger charge is -2.42. The topological polar surface area (TPSA) is 24.5 Å². The van der Waals surface area contributed by atoms with Crippen LogP contribution in [0.2, 0.25) is 0 Å². The smallest absolute Gasteiger partial charge is 0.0594 e. The molecular formula is C15H30N2O. The van der Waals surface area contributed by atoms with Crippen molar-refractivity contribution in [1.29, 1.82) is 0 Å². The second-order valence-corrected chi connectivity index (χ2v) is 7.23. The van der Waals surface area contributed by atoms with E-state index in [0.717, 1.165) is 32.8 Å². The fourth-order valence-corrected chi connectivity index (χ4v) is 3.36. The van der Waals surface area contributed by atoms with E-state index in [1.165, 1.54) is 19.3 Å². The Morgan fingerprint density at radius 1 is 1.28 bits per heavy atom. The van der Waals surface area contributed by atoms with E-state index in [4.69, 9.17) is 4.74 Å². The fourth-order valence-electron chi connectivity index (χ4n) is 3.36. The molecule has 1 heterocycles. The molecule has 1 aliphatic carbocycles. The first-order valence-corrected chi connectivity index (χ1v) is 7.48. The van der Waals surface area contributed by atoms with Crippen LogP contribution < -0.4 is 5.32 Å². The van der Waals surface area contributed by atoms with E-state index in [0.29, 0.717) is 11.5 Å². The van der Waals surface area contributed by atoms with Gasteiger partial charge in [-0.2, -0.15) is 0 Å². The van der Waals surface area contributed by atoms with Gasteiger partial charge in [-0.05, 0) is 32.1 Å². The molecule has 1 saturated carbocycles. The quantitative estimate of drug-likeness (QED) is 0.833. The molecule has 0 aromatic carbocycles. The van der Waals surface area contributed by atoms with Crippen molar-refractivity contribution >= 4 is 0 Å². The van der Waals surface area contributed by atoms with Gasteiger partial charge in [0.2, 0.25) is 0 Å². The van der Waals surface area contributed by atoms with E-state index in [9.17, 15) is 0 Å². The molecule has 0 amide bonds. The van der Waals surface area contributed by atoms with Crippen molar-refractivity contribution in [2.75, 3.05) is 32.8 Å². The maximum Gasteiger partial charge on any atom is 0.0594 e. The second kappa shape index (κ2) is 5.48. The predicted octanol–water partition coefficient (Wildman–Crippen LogP) is 2.27. The molecule has 0 spiro atoms. The maximum absolute atomic E-state index is 5.44. The van der Waals surface area contributed by atoms with Gasteiger partial charge in [0.05, 0.1) is 13.2 Å². The monoisotopic (exact) mass is 254 g/mol. The largest absolute Gasteiger partial charge is 0.379 e. The lowest BCUT2D eigenvalue weighted by atomic mass is 9.87. The fraction of sp³-hybridized carbons (Fsp3) is 1.00. The van der Waals surface area contributed by atoms with Crippen molar-refractivity contribution in [3.63, 3.8) is 0 Å². The van der Waals surface area contributed by atoms with Gasteiger partial charge in [-0.3, -0.25) is 4.90 Å². The van der Waals surface area contributed by atoms with Gasteiger partial charge in [-0.1, -0.05) is 20.3 Å². The molecule has 1 saturated heterocycles. The van der Waals surface area contributed by atoms with E-state index in [2.05, 4.69) is 37.9 Å². The Labute approximate surface area is 112 Å².